The van der Waals surface area contributed by atoms with Crippen LogP contribution in [0, 0.1) is 0 Å². The van der Waals surface area contributed by atoms with Crippen LogP contribution in [0.5, 0.6) is 0 Å². The first kappa shape index (κ1) is 25.5. The van der Waals surface area contributed by atoms with Crippen LogP contribution in [0.15, 0.2) is 66.7 Å². The molecule has 2 aromatic carbocycles. The lowest BCUT2D eigenvalue weighted by molar-refractivity contribution is -0.126. The fourth-order valence-electron chi connectivity index (χ4n) is 4.90. The number of nitrogens with zero attached hydrogens (tertiary/aromatic N) is 3. The Labute approximate surface area is 213 Å². The van der Waals surface area contributed by atoms with Gasteiger partial charge in [-0.25, -0.2) is 4.79 Å². The van der Waals surface area contributed by atoms with Crippen molar-refractivity contribution >= 4 is 23.9 Å². The molecule has 2 saturated heterocycles. The predicted octanol–water partition coefficient (Wildman–Crippen LogP) is 4.09. The number of rotatable bonds is 3. The zero-order valence-electron chi connectivity index (χ0n) is 20.9. The molecule has 2 fully saturated rings. The van der Waals surface area contributed by atoms with E-state index in [4.69, 9.17) is 0 Å². The van der Waals surface area contributed by atoms with Crippen molar-refractivity contribution in [2.24, 2.45) is 0 Å². The van der Waals surface area contributed by atoms with E-state index in [1.54, 1.807) is 6.08 Å². The average molecular weight is 489 g/mol. The van der Waals surface area contributed by atoms with E-state index in [0.717, 1.165) is 36.9 Å². The molecule has 0 saturated carbocycles. The monoisotopic (exact) mass is 488 g/mol. The lowest BCUT2D eigenvalue weighted by atomic mass is 10.0. The molecule has 4 amide bonds. The fourth-order valence-corrected chi connectivity index (χ4v) is 4.90. The molecule has 0 spiro atoms. The standard InChI is InChI=1S/C29H36N4O3/c34-27-23-26(25-13-5-2-6-14-25)33-22-10-21-32(29(33)36)19-8-7-18-31(20-9-17-30-27)28(35)16-15-24-11-3-1-4-12-24/h1-6,11-16,26H,7-10,17-23H2,(H,30,34)/b16-15+/t26-/m1/s1. The molecule has 0 aromatic heterocycles. The van der Waals surface area contributed by atoms with Crippen LogP contribution in [0.25, 0.3) is 6.08 Å². The zero-order chi connectivity index (χ0) is 25.2. The van der Waals surface area contributed by atoms with E-state index in [1.807, 2.05) is 81.4 Å². The Morgan fingerprint density at radius 3 is 2.25 bits per heavy atom. The van der Waals surface area contributed by atoms with Gasteiger partial charge in [0.2, 0.25) is 11.8 Å². The van der Waals surface area contributed by atoms with Crippen molar-refractivity contribution in [1.29, 1.82) is 0 Å². The summed E-state index contributed by atoms with van der Waals surface area (Å²) in [6, 6.07) is 19.3. The molecule has 2 heterocycles. The number of nitrogens with one attached hydrogen (secondary N) is 1. The van der Waals surface area contributed by atoms with Gasteiger partial charge in [0.15, 0.2) is 0 Å². The summed E-state index contributed by atoms with van der Waals surface area (Å²) in [5, 5.41) is 3.01. The first-order valence-electron chi connectivity index (χ1n) is 13.0. The van der Waals surface area contributed by atoms with Gasteiger partial charge in [0.25, 0.3) is 0 Å². The van der Waals surface area contributed by atoms with Crippen LogP contribution in [-0.2, 0) is 9.59 Å². The minimum Gasteiger partial charge on any atom is -0.356 e. The minimum absolute atomic E-state index is 0.00324. The first-order chi connectivity index (χ1) is 17.6. The highest BCUT2D eigenvalue weighted by molar-refractivity contribution is 5.91. The maximum absolute atomic E-state index is 13.4. The summed E-state index contributed by atoms with van der Waals surface area (Å²) in [5.74, 6) is -0.107. The van der Waals surface area contributed by atoms with E-state index in [1.165, 1.54) is 0 Å². The van der Waals surface area contributed by atoms with Gasteiger partial charge in [-0.3, -0.25) is 9.59 Å². The van der Waals surface area contributed by atoms with Crippen LogP contribution in [-0.4, -0.2) is 71.8 Å². The van der Waals surface area contributed by atoms with Crippen LogP contribution >= 0.6 is 0 Å². The molecule has 4 rings (SSSR count). The molecule has 1 atom stereocenters. The van der Waals surface area contributed by atoms with E-state index >= 15 is 0 Å². The average Bonchev–Trinajstić information content (AvgIpc) is 2.91. The third kappa shape index (κ3) is 6.97. The first-order valence-corrected chi connectivity index (χ1v) is 13.0. The number of hydrogen-bond acceptors (Lipinski definition) is 3. The molecule has 2 aromatic rings. The molecule has 2 aliphatic heterocycles. The molecule has 0 unspecified atom stereocenters. The second-order valence-corrected chi connectivity index (χ2v) is 9.43. The summed E-state index contributed by atoms with van der Waals surface area (Å²) >= 11 is 0. The minimum atomic E-state index is -0.284. The van der Waals surface area contributed by atoms with Crippen molar-refractivity contribution in [1.82, 2.24) is 20.0 Å². The highest BCUT2D eigenvalue weighted by Gasteiger charge is 2.33. The quantitative estimate of drug-likeness (QED) is 0.662. The highest BCUT2D eigenvalue weighted by atomic mass is 16.2. The molecular formula is C29H36N4O3. The van der Waals surface area contributed by atoms with Crippen molar-refractivity contribution in [2.75, 3.05) is 39.3 Å². The van der Waals surface area contributed by atoms with Crippen molar-refractivity contribution in [3.05, 3.63) is 77.9 Å². The summed E-state index contributed by atoms with van der Waals surface area (Å²) in [5.41, 5.74) is 1.96. The predicted molar refractivity (Wildman–Crippen MR) is 141 cm³/mol. The Kier molecular flexibility index (Phi) is 9.14. The van der Waals surface area contributed by atoms with E-state index in [-0.39, 0.29) is 30.3 Å². The van der Waals surface area contributed by atoms with E-state index in [0.29, 0.717) is 39.1 Å². The smallest absolute Gasteiger partial charge is 0.320 e. The van der Waals surface area contributed by atoms with Gasteiger partial charge < -0.3 is 20.0 Å². The largest absolute Gasteiger partial charge is 0.356 e. The van der Waals surface area contributed by atoms with E-state index in [2.05, 4.69) is 5.32 Å². The number of carbonyl (C=O) groups is 3. The van der Waals surface area contributed by atoms with Gasteiger partial charge in [0.05, 0.1) is 12.5 Å². The second-order valence-electron chi connectivity index (χ2n) is 9.43. The van der Waals surface area contributed by atoms with Crippen molar-refractivity contribution in [3.63, 3.8) is 0 Å². The molecule has 0 aliphatic carbocycles. The molecule has 7 nitrogen and oxygen atoms in total. The molecule has 7 heteroatoms. The summed E-state index contributed by atoms with van der Waals surface area (Å²) in [6.07, 6.45) is 6.91. The SMILES string of the molecule is O=C1C[C@H](c2ccccc2)N2CCCN(CCCCN(C(=O)/C=C/c3ccccc3)CCCN1)C2=O. The summed E-state index contributed by atoms with van der Waals surface area (Å²) in [4.78, 5) is 44.8. The normalized spacial score (nSPS) is 20.6. The Balaban J connectivity index is 1.46. The molecule has 1 N–H and O–H groups in total. The van der Waals surface area contributed by atoms with Crippen molar-refractivity contribution < 1.29 is 14.4 Å². The van der Waals surface area contributed by atoms with E-state index in [9.17, 15) is 14.4 Å². The van der Waals surface area contributed by atoms with Crippen LogP contribution in [0.2, 0.25) is 0 Å². The highest BCUT2D eigenvalue weighted by Crippen LogP contribution is 2.28. The number of carbonyl (C=O) groups excluding carboxylic acids is 3. The lowest BCUT2D eigenvalue weighted by Crippen LogP contribution is -2.51. The third-order valence-electron chi connectivity index (χ3n) is 6.85. The maximum Gasteiger partial charge on any atom is 0.320 e. The molecule has 190 valence electrons. The Morgan fingerprint density at radius 2 is 1.47 bits per heavy atom. The second kappa shape index (κ2) is 12.9. The molecule has 36 heavy (non-hydrogen) atoms. The Morgan fingerprint density at radius 1 is 0.806 bits per heavy atom. The topological polar surface area (TPSA) is 73.0 Å². The molecule has 2 aliphatic rings. The summed E-state index contributed by atoms with van der Waals surface area (Å²) in [7, 11) is 0. The van der Waals surface area contributed by atoms with Crippen LogP contribution in [0.4, 0.5) is 4.79 Å². The molecule has 0 radical (unpaired) electrons. The van der Waals surface area contributed by atoms with Gasteiger partial charge >= 0.3 is 6.03 Å². The van der Waals surface area contributed by atoms with E-state index < -0.39 is 0 Å². The Bertz CT molecular complexity index is 1040. The third-order valence-corrected chi connectivity index (χ3v) is 6.85. The number of amides is 4. The van der Waals surface area contributed by atoms with Gasteiger partial charge in [0.1, 0.15) is 0 Å². The van der Waals surface area contributed by atoms with Crippen LogP contribution in [0.3, 0.4) is 0 Å². The maximum atomic E-state index is 13.4. The van der Waals surface area contributed by atoms with Gasteiger partial charge in [0, 0.05) is 45.3 Å². The lowest BCUT2D eigenvalue weighted by Gasteiger charge is -2.40. The van der Waals surface area contributed by atoms with Gasteiger partial charge in [-0.1, -0.05) is 60.7 Å². The number of benzene rings is 2. The molecule has 2 bridgehead atoms. The summed E-state index contributed by atoms with van der Waals surface area (Å²) in [6.45, 7) is 3.74. The number of urea groups is 1. The van der Waals surface area contributed by atoms with Crippen molar-refractivity contribution in [3.8, 4) is 0 Å². The number of hydrogen-bond donors (Lipinski definition) is 1. The van der Waals surface area contributed by atoms with Crippen LogP contribution < -0.4 is 5.32 Å². The summed E-state index contributed by atoms with van der Waals surface area (Å²) < 4.78 is 0. The number of fused-ring (bicyclic) bond motifs is 2. The van der Waals surface area contributed by atoms with Crippen LogP contribution in [0.1, 0.15) is 49.3 Å². The van der Waals surface area contributed by atoms with Gasteiger partial charge in [-0.05, 0) is 42.9 Å². The van der Waals surface area contributed by atoms with Gasteiger partial charge in [-0.15, -0.1) is 0 Å². The zero-order valence-corrected chi connectivity index (χ0v) is 20.9. The van der Waals surface area contributed by atoms with Crippen molar-refractivity contribution in [2.45, 2.75) is 38.1 Å². The van der Waals surface area contributed by atoms with Gasteiger partial charge in [-0.2, -0.15) is 0 Å². The molecular weight excluding hydrogens is 452 g/mol. The fraction of sp³-hybridized carbons (Fsp3) is 0.414. The Hall–Kier alpha value is -3.61.